The highest BCUT2D eigenvalue weighted by Crippen LogP contribution is 2.27. The average molecular weight is 356 g/mol. The molecular weight excluding hydrogens is 336 g/mol. The highest BCUT2D eigenvalue weighted by molar-refractivity contribution is 6.32. The fraction of sp³-hybridized carbons (Fsp3) is 0.300. The van der Waals surface area contributed by atoms with Crippen LogP contribution in [0.2, 0.25) is 5.02 Å². The van der Waals surface area contributed by atoms with Crippen LogP contribution in [-0.2, 0) is 22.6 Å². The molecule has 2 aromatic carbocycles. The third-order valence-electron chi connectivity index (χ3n) is 5.30. The van der Waals surface area contributed by atoms with Crippen molar-refractivity contribution < 1.29 is 14.5 Å². The highest BCUT2D eigenvalue weighted by atomic mass is 35.5. The van der Waals surface area contributed by atoms with Crippen LogP contribution in [0.5, 0.6) is 0 Å². The van der Waals surface area contributed by atoms with Gasteiger partial charge in [0.15, 0.2) is 6.04 Å². The summed E-state index contributed by atoms with van der Waals surface area (Å²) in [5.74, 6) is -0.249. The molecule has 4 rings (SSSR count). The predicted molar refractivity (Wildman–Crippen MR) is 96.8 cm³/mol. The molecule has 4 nitrogen and oxygen atoms in total. The van der Waals surface area contributed by atoms with E-state index in [0.717, 1.165) is 25.1 Å². The van der Waals surface area contributed by atoms with Crippen molar-refractivity contribution in [3.63, 3.8) is 0 Å². The molecule has 25 heavy (non-hydrogen) atoms. The van der Waals surface area contributed by atoms with Gasteiger partial charge in [-0.3, -0.25) is 9.59 Å². The van der Waals surface area contributed by atoms with E-state index in [-0.39, 0.29) is 24.3 Å². The van der Waals surface area contributed by atoms with Gasteiger partial charge in [-0.2, -0.15) is 0 Å². The number of quaternary nitrogens is 1. The van der Waals surface area contributed by atoms with E-state index in [4.69, 9.17) is 11.6 Å². The first-order chi connectivity index (χ1) is 12.0. The molecule has 128 valence electrons. The number of halogens is 1. The molecule has 0 spiro atoms. The van der Waals surface area contributed by atoms with Crippen LogP contribution in [-0.4, -0.2) is 24.4 Å². The van der Waals surface area contributed by atoms with Crippen LogP contribution in [0.3, 0.4) is 0 Å². The predicted octanol–water partition coefficient (Wildman–Crippen LogP) is 1.92. The lowest BCUT2D eigenvalue weighted by atomic mass is 9.98. The zero-order valence-corrected chi connectivity index (χ0v) is 14.8. The zero-order chi connectivity index (χ0) is 17.6. The Balaban J connectivity index is 1.58. The largest absolute Gasteiger partial charge is 0.320 e. The maximum absolute atomic E-state index is 13.0. The summed E-state index contributed by atoms with van der Waals surface area (Å²) in [6.45, 7) is 3.57. The molecule has 0 aromatic heterocycles. The summed E-state index contributed by atoms with van der Waals surface area (Å²) < 4.78 is 0. The fourth-order valence-corrected chi connectivity index (χ4v) is 4.02. The fourth-order valence-electron chi connectivity index (χ4n) is 3.84. The number of hydrogen-bond donors (Lipinski definition) is 1. The lowest BCUT2D eigenvalue weighted by Gasteiger charge is -2.29. The van der Waals surface area contributed by atoms with Gasteiger partial charge in [0, 0.05) is 17.0 Å². The number of amides is 2. The number of nitrogens with one attached hydrogen (secondary N) is 1. The van der Waals surface area contributed by atoms with Crippen LogP contribution in [0.1, 0.15) is 23.1 Å². The number of carbonyl (C=O) groups is 2. The van der Waals surface area contributed by atoms with Gasteiger partial charge >= 0.3 is 0 Å². The summed E-state index contributed by atoms with van der Waals surface area (Å²) in [5, 5.41) is 0.570. The van der Waals surface area contributed by atoms with Crippen LogP contribution in [0, 0.1) is 6.92 Å². The van der Waals surface area contributed by atoms with Crippen molar-refractivity contribution in [2.45, 2.75) is 32.4 Å². The molecule has 2 aliphatic heterocycles. The number of nitrogens with zero attached hydrogens (tertiary/aromatic N) is 1. The van der Waals surface area contributed by atoms with Crippen molar-refractivity contribution in [3.05, 3.63) is 64.2 Å². The second-order valence-electron chi connectivity index (χ2n) is 6.86. The third kappa shape index (κ3) is 2.86. The van der Waals surface area contributed by atoms with Gasteiger partial charge < -0.3 is 4.90 Å². The topological polar surface area (TPSA) is 41.8 Å². The van der Waals surface area contributed by atoms with Gasteiger partial charge in [0.1, 0.15) is 6.54 Å². The Morgan fingerprint density at radius 2 is 1.88 bits per heavy atom. The smallest absolute Gasteiger partial charge is 0.292 e. The average Bonchev–Trinajstić information content (AvgIpc) is 2.91. The first-order valence-electron chi connectivity index (χ1n) is 8.59. The monoisotopic (exact) mass is 355 g/mol. The van der Waals surface area contributed by atoms with Gasteiger partial charge in [-0.25, -0.2) is 4.90 Å². The molecule has 0 radical (unpaired) electrons. The van der Waals surface area contributed by atoms with Crippen LogP contribution in [0.25, 0.3) is 0 Å². The van der Waals surface area contributed by atoms with E-state index in [9.17, 15) is 9.59 Å². The minimum atomic E-state index is -0.305. The van der Waals surface area contributed by atoms with Gasteiger partial charge in [-0.1, -0.05) is 41.9 Å². The number of benzene rings is 2. The maximum Gasteiger partial charge on any atom is 0.292 e. The molecule has 2 heterocycles. The van der Waals surface area contributed by atoms with Crippen molar-refractivity contribution in [3.8, 4) is 0 Å². The Bertz CT molecular complexity index is 865. The molecule has 1 fully saturated rings. The summed E-state index contributed by atoms with van der Waals surface area (Å²) in [7, 11) is 0. The second kappa shape index (κ2) is 6.28. The van der Waals surface area contributed by atoms with Gasteiger partial charge in [0.2, 0.25) is 5.91 Å². The number of hydrogen-bond acceptors (Lipinski definition) is 2. The minimum Gasteiger partial charge on any atom is -0.320 e. The third-order valence-corrected chi connectivity index (χ3v) is 5.71. The molecule has 1 N–H and O–H groups in total. The zero-order valence-electron chi connectivity index (χ0n) is 14.1. The lowest BCUT2D eigenvalue weighted by Crippen LogP contribution is -3.16. The minimum absolute atomic E-state index is 0.112. The quantitative estimate of drug-likeness (QED) is 0.836. The van der Waals surface area contributed by atoms with Crippen LogP contribution < -0.4 is 9.80 Å². The Kier molecular flexibility index (Phi) is 4.10. The first kappa shape index (κ1) is 16.3. The van der Waals surface area contributed by atoms with Crippen LogP contribution in [0.15, 0.2) is 42.5 Å². The van der Waals surface area contributed by atoms with Gasteiger partial charge in [-0.15, -0.1) is 0 Å². The van der Waals surface area contributed by atoms with Crippen molar-refractivity contribution in [2.24, 2.45) is 0 Å². The summed E-state index contributed by atoms with van der Waals surface area (Å²) in [4.78, 5) is 28.0. The van der Waals surface area contributed by atoms with E-state index in [1.165, 1.54) is 20.9 Å². The molecule has 0 bridgehead atoms. The normalized spacial score (nSPS) is 23.0. The molecule has 2 aromatic rings. The number of aryl methyl sites for hydroxylation is 1. The number of carbonyl (C=O) groups excluding carboxylic acids is 2. The van der Waals surface area contributed by atoms with Crippen LogP contribution >= 0.6 is 11.6 Å². The Morgan fingerprint density at radius 1 is 1.12 bits per heavy atom. The number of imide groups is 1. The van der Waals surface area contributed by atoms with Gasteiger partial charge in [0.05, 0.1) is 18.7 Å². The van der Waals surface area contributed by atoms with E-state index in [2.05, 4.69) is 18.2 Å². The van der Waals surface area contributed by atoms with Crippen molar-refractivity contribution in [1.82, 2.24) is 0 Å². The maximum atomic E-state index is 13.0. The Morgan fingerprint density at radius 3 is 2.64 bits per heavy atom. The standard InChI is InChI=1S/C20H19ClN2O2/c1-13-6-7-16(10-17(13)21)23-19(24)11-18(20(23)25)22-9-8-14-4-2-3-5-15(14)12-22/h2-7,10,18H,8-9,11-12H2,1H3/p+1/t18-/m0/s1. The van der Waals surface area contributed by atoms with Gasteiger partial charge in [-0.05, 0) is 30.2 Å². The Labute approximate surface area is 152 Å². The molecule has 2 aliphatic rings. The Hall–Kier alpha value is -2.17. The summed E-state index contributed by atoms with van der Waals surface area (Å²) in [5.41, 5.74) is 4.13. The molecule has 0 aliphatic carbocycles. The summed E-state index contributed by atoms with van der Waals surface area (Å²) >= 11 is 6.17. The van der Waals surface area contributed by atoms with Gasteiger partial charge in [0.25, 0.3) is 5.91 Å². The second-order valence-corrected chi connectivity index (χ2v) is 7.27. The molecule has 1 unspecified atom stereocenters. The van der Waals surface area contributed by atoms with E-state index >= 15 is 0 Å². The molecule has 0 saturated carbocycles. The molecule has 2 amide bonds. The van der Waals surface area contributed by atoms with Crippen molar-refractivity contribution in [1.29, 1.82) is 0 Å². The molecule has 1 saturated heterocycles. The van der Waals surface area contributed by atoms with E-state index in [1.54, 1.807) is 12.1 Å². The molecular formula is C20H20ClN2O2+. The molecule has 5 heteroatoms. The van der Waals surface area contributed by atoms with Crippen LogP contribution in [0.4, 0.5) is 5.69 Å². The van der Waals surface area contributed by atoms with Crippen molar-refractivity contribution in [2.75, 3.05) is 11.4 Å². The highest BCUT2D eigenvalue weighted by Gasteiger charge is 2.46. The number of anilines is 1. The molecule has 2 atom stereocenters. The SMILES string of the molecule is Cc1ccc(N2C(=O)C[C@H]([NH+]3CCc4ccccc4C3)C2=O)cc1Cl. The lowest BCUT2D eigenvalue weighted by molar-refractivity contribution is -0.930. The van der Waals surface area contributed by atoms with E-state index in [0.29, 0.717) is 10.7 Å². The first-order valence-corrected chi connectivity index (χ1v) is 8.96. The van der Waals surface area contributed by atoms with E-state index in [1.807, 2.05) is 19.1 Å². The number of fused-ring (bicyclic) bond motifs is 1. The summed E-state index contributed by atoms with van der Waals surface area (Å²) in [6.07, 6.45) is 1.21. The number of rotatable bonds is 2. The van der Waals surface area contributed by atoms with E-state index < -0.39 is 0 Å². The van der Waals surface area contributed by atoms with Crippen molar-refractivity contribution >= 4 is 29.1 Å². The summed E-state index contributed by atoms with van der Waals surface area (Å²) in [6, 6.07) is 13.4.